The van der Waals surface area contributed by atoms with Gasteiger partial charge in [0.1, 0.15) is 0 Å². The van der Waals surface area contributed by atoms with Gasteiger partial charge in [-0.1, -0.05) is 42.5 Å². The van der Waals surface area contributed by atoms with Gasteiger partial charge in [-0.2, -0.15) is 0 Å². The lowest BCUT2D eigenvalue weighted by atomic mass is 10.0. The summed E-state index contributed by atoms with van der Waals surface area (Å²) >= 11 is 0. The number of aromatic nitrogens is 1. The summed E-state index contributed by atoms with van der Waals surface area (Å²) < 4.78 is 0. The van der Waals surface area contributed by atoms with E-state index in [0.717, 1.165) is 11.1 Å². The summed E-state index contributed by atoms with van der Waals surface area (Å²) in [6, 6.07) is 18.9. The largest absolute Gasteiger partial charge is 0.324 e. The molecule has 3 aromatic rings. The van der Waals surface area contributed by atoms with E-state index in [2.05, 4.69) is 53.5 Å². The van der Waals surface area contributed by atoms with Crippen LogP contribution in [0.2, 0.25) is 0 Å². The predicted octanol–water partition coefficient (Wildman–Crippen LogP) is 3.92. The molecule has 0 fully saturated rings. The average molecular weight is 248 g/mol. The summed E-state index contributed by atoms with van der Waals surface area (Å²) in [5.74, 6) is 0. The quantitative estimate of drug-likeness (QED) is 0.746. The van der Waals surface area contributed by atoms with E-state index in [-0.39, 0.29) is 6.04 Å². The molecule has 0 spiro atoms. The van der Waals surface area contributed by atoms with E-state index < -0.39 is 0 Å². The zero-order valence-corrected chi connectivity index (χ0v) is 10.9. The molecule has 3 rings (SSSR count). The fourth-order valence-corrected chi connectivity index (χ4v) is 2.23. The standard InChI is InChI=1S/C17H16N2/c1-12(18)13-4-6-14(7-5-13)16-9-8-15-3-2-10-19-17(15)11-16/h2-12H,18H2,1H3. The van der Waals surface area contributed by atoms with Crippen molar-refractivity contribution in [2.45, 2.75) is 13.0 Å². The second kappa shape index (κ2) is 4.82. The van der Waals surface area contributed by atoms with Crippen LogP contribution in [-0.4, -0.2) is 4.98 Å². The molecule has 1 heterocycles. The van der Waals surface area contributed by atoms with E-state index in [9.17, 15) is 0 Å². The Labute approximate surface area is 112 Å². The lowest BCUT2D eigenvalue weighted by Crippen LogP contribution is -2.04. The highest BCUT2D eigenvalue weighted by atomic mass is 14.6. The Balaban J connectivity index is 2.03. The second-order valence-corrected chi connectivity index (χ2v) is 4.82. The van der Waals surface area contributed by atoms with Crippen molar-refractivity contribution in [1.29, 1.82) is 0 Å². The van der Waals surface area contributed by atoms with Gasteiger partial charge in [-0.25, -0.2) is 0 Å². The molecule has 0 saturated carbocycles. The summed E-state index contributed by atoms with van der Waals surface area (Å²) in [6.45, 7) is 1.99. The van der Waals surface area contributed by atoms with Crippen LogP contribution in [0.4, 0.5) is 0 Å². The molecule has 2 nitrogen and oxygen atoms in total. The average Bonchev–Trinajstić information content (AvgIpc) is 2.47. The van der Waals surface area contributed by atoms with Gasteiger partial charge in [0.05, 0.1) is 5.52 Å². The number of rotatable bonds is 2. The summed E-state index contributed by atoms with van der Waals surface area (Å²) in [6.07, 6.45) is 1.82. The Hall–Kier alpha value is -2.19. The molecule has 0 aliphatic rings. The SMILES string of the molecule is CC(N)c1ccc(-c2ccc3cccnc3c2)cc1. The maximum atomic E-state index is 5.87. The molecule has 0 aliphatic carbocycles. The summed E-state index contributed by atoms with van der Waals surface area (Å²) in [7, 11) is 0. The van der Waals surface area contributed by atoms with Crippen molar-refractivity contribution in [2.24, 2.45) is 5.73 Å². The maximum absolute atomic E-state index is 5.87. The molecule has 0 radical (unpaired) electrons. The molecule has 2 N–H and O–H groups in total. The molecule has 0 amide bonds. The molecule has 1 atom stereocenters. The topological polar surface area (TPSA) is 38.9 Å². The number of benzene rings is 2. The molecule has 1 unspecified atom stereocenters. The molecule has 94 valence electrons. The fraction of sp³-hybridized carbons (Fsp3) is 0.118. The van der Waals surface area contributed by atoms with Crippen molar-refractivity contribution >= 4 is 10.9 Å². The first-order chi connectivity index (χ1) is 9.24. The van der Waals surface area contributed by atoms with Gasteiger partial charge in [-0.15, -0.1) is 0 Å². The van der Waals surface area contributed by atoms with E-state index in [1.165, 1.54) is 16.5 Å². The van der Waals surface area contributed by atoms with E-state index >= 15 is 0 Å². The van der Waals surface area contributed by atoms with Gasteiger partial charge < -0.3 is 5.73 Å². The summed E-state index contributed by atoms with van der Waals surface area (Å²) in [5, 5.41) is 1.17. The third-order valence-corrected chi connectivity index (χ3v) is 3.38. The molecule has 2 heteroatoms. The van der Waals surface area contributed by atoms with Crippen molar-refractivity contribution in [2.75, 3.05) is 0 Å². The number of hydrogen-bond donors (Lipinski definition) is 1. The first-order valence-electron chi connectivity index (χ1n) is 6.45. The van der Waals surface area contributed by atoms with Crippen molar-refractivity contribution < 1.29 is 0 Å². The number of fused-ring (bicyclic) bond motifs is 1. The summed E-state index contributed by atoms with van der Waals surface area (Å²) in [5.41, 5.74) is 10.4. The Morgan fingerprint density at radius 3 is 2.42 bits per heavy atom. The van der Waals surface area contributed by atoms with Gasteiger partial charge in [0.25, 0.3) is 0 Å². The number of hydrogen-bond acceptors (Lipinski definition) is 2. The number of pyridine rings is 1. The molecule has 2 aromatic carbocycles. The minimum absolute atomic E-state index is 0.0762. The van der Waals surface area contributed by atoms with Gasteiger partial charge >= 0.3 is 0 Å². The van der Waals surface area contributed by atoms with Crippen LogP contribution in [0.25, 0.3) is 22.0 Å². The van der Waals surface area contributed by atoms with Crippen LogP contribution in [0.15, 0.2) is 60.8 Å². The van der Waals surface area contributed by atoms with Gasteiger partial charge in [0.15, 0.2) is 0 Å². The molecule has 19 heavy (non-hydrogen) atoms. The van der Waals surface area contributed by atoms with Crippen LogP contribution in [0.3, 0.4) is 0 Å². The van der Waals surface area contributed by atoms with Crippen LogP contribution >= 0.6 is 0 Å². The zero-order valence-electron chi connectivity index (χ0n) is 10.9. The van der Waals surface area contributed by atoms with Crippen LogP contribution in [0.1, 0.15) is 18.5 Å². The Kier molecular flexibility index (Phi) is 3.02. The first-order valence-corrected chi connectivity index (χ1v) is 6.45. The molecule has 0 bridgehead atoms. The third-order valence-electron chi connectivity index (χ3n) is 3.38. The first kappa shape index (κ1) is 11.9. The van der Waals surface area contributed by atoms with Crippen molar-refractivity contribution in [3.63, 3.8) is 0 Å². The lowest BCUT2D eigenvalue weighted by Gasteiger charge is -2.08. The monoisotopic (exact) mass is 248 g/mol. The van der Waals surface area contributed by atoms with Gasteiger partial charge in [-0.3, -0.25) is 4.98 Å². The van der Waals surface area contributed by atoms with Crippen LogP contribution < -0.4 is 5.73 Å². The van der Waals surface area contributed by atoms with Crippen LogP contribution in [0, 0.1) is 0 Å². The maximum Gasteiger partial charge on any atom is 0.0708 e. The van der Waals surface area contributed by atoms with E-state index in [1.807, 2.05) is 19.2 Å². The van der Waals surface area contributed by atoms with E-state index in [0.29, 0.717) is 0 Å². The fourth-order valence-electron chi connectivity index (χ4n) is 2.23. The van der Waals surface area contributed by atoms with Gasteiger partial charge in [0, 0.05) is 17.6 Å². The minimum Gasteiger partial charge on any atom is -0.324 e. The molecular formula is C17H16N2. The molecule has 0 saturated heterocycles. The Morgan fingerprint density at radius 1 is 0.947 bits per heavy atom. The lowest BCUT2D eigenvalue weighted by molar-refractivity contribution is 0.818. The van der Waals surface area contributed by atoms with Crippen molar-refractivity contribution in [3.05, 3.63) is 66.4 Å². The Morgan fingerprint density at radius 2 is 1.68 bits per heavy atom. The van der Waals surface area contributed by atoms with E-state index in [4.69, 9.17) is 5.73 Å². The van der Waals surface area contributed by atoms with E-state index in [1.54, 1.807) is 0 Å². The van der Waals surface area contributed by atoms with Crippen LogP contribution in [0.5, 0.6) is 0 Å². The minimum atomic E-state index is 0.0762. The predicted molar refractivity (Wildman–Crippen MR) is 79.8 cm³/mol. The number of nitrogens with zero attached hydrogens (tertiary/aromatic N) is 1. The smallest absolute Gasteiger partial charge is 0.0708 e. The van der Waals surface area contributed by atoms with Crippen molar-refractivity contribution in [1.82, 2.24) is 4.98 Å². The molecular weight excluding hydrogens is 232 g/mol. The Bertz CT molecular complexity index is 700. The number of nitrogens with two attached hydrogens (primary N) is 1. The van der Waals surface area contributed by atoms with Gasteiger partial charge in [-0.05, 0) is 35.7 Å². The highest BCUT2D eigenvalue weighted by molar-refractivity contribution is 5.84. The van der Waals surface area contributed by atoms with Crippen molar-refractivity contribution in [3.8, 4) is 11.1 Å². The third kappa shape index (κ3) is 2.35. The van der Waals surface area contributed by atoms with Gasteiger partial charge in [0.2, 0.25) is 0 Å². The zero-order chi connectivity index (χ0) is 13.2. The normalized spacial score (nSPS) is 12.5. The molecule has 0 aliphatic heterocycles. The molecule has 1 aromatic heterocycles. The highest BCUT2D eigenvalue weighted by Crippen LogP contribution is 2.24. The second-order valence-electron chi connectivity index (χ2n) is 4.82. The summed E-state index contributed by atoms with van der Waals surface area (Å²) in [4.78, 5) is 4.39. The van der Waals surface area contributed by atoms with Crippen LogP contribution in [-0.2, 0) is 0 Å². The highest BCUT2D eigenvalue weighted by Gasteiger charge is 2.02.